The Morgan fingerprint density at radius 3 is 2.56 bits per heavy atom. The van der Waals surface area contributed by atoms with Gasteiger partial charge in [0, 0.05) is 5.56 Å². The number of nitrogens with zero attached hydrogens (tertiary/aromatic N) is 2. The standard InChI is InChI=1S/C12H13BrN2O/c1-3-10(13)12-15-14-11(16-12)9-6-4-8(2)5-7-9/h4-7,10H,3H2,1-2H3. The molecule has 0 aliphatic carbocycles. The van der Waals surface area contributed by atoms with Crippen LogP contribution in [0.5, 0.6) is 0 Å². The third-order valence-corrected chi connectivity index (χ3v) is 3.40. The lowest BCUT2D eigenvalue weighted by atomic mass is 10.1. The molecular formula is C12H13BrN2O. The molecule has 1 atom stereocenters. The second-order valence-corrected chi connectivity index (χ2v) is 4.79. The molecule has 0 saturated carbocycles. The van der Waals surface area contributed by atoms with E-state index in [1.807, 2.05) is 24.3 Å². The van der Waals surface area contributed by atoms with Crippen LogP contribution < -0.4 is 0 Å². The third-order valence-electron chi connectivity index (χ3n) is 2.37. The lowest BCUT2D eigenvalue weighted by molar-refractivity contribution is 0.500. The zero-order chi connectivity index (χ0) is 11.5. The van der Waals surface area contributed by atoms with Crippen LogP contribution in [-0.4, -0.2) is 10.2 Å². The lowest BCUT2D eigenvalue weighted by Gasteiger charge is -1.98. The number of hydrogen-bond acceptors (Lipinski definition) is 3. The van der Waals surface area contributed by atoms with Crippen molar-refractivity contribution in [2.24, 2.45) is 0 Å². The Bertz CT molecular complexity index is 464. The molecule has 0 bridgehead atoms. The van der Waals surface area contributed by atoms with Crippen LogP contribution in [0.4, 0.5) is 0 Å². The molecule has 4 heteroatoms. The predicted molar refractivity (Wildman–Crippen MR) is 66.4 cm³/mol. The van der Waals surface area contributed by atoms with E-state index in [0.29, 0.717) is 11.8 Å². The maximum atomic E-state index is 5.59. The van der Waals surface area contributed by atoms with Crippen molar-refractivity contribution in [3.8, 4) is 11.5 Å². The number of benzene rings is 1. The van der Waals surface area contributed by atoms with Crippen molar-refractivity contribution >= 4 is 15.9 Å². The van der Waals surface area contributed by atoms with E-state index in [-0.39, 0.29) is 4.83 Å². The minimum absolute atomic E-state index is 0.138. The number of rotatable bonds is 3. The first-order chi connectivity index (χ1) is 7.70. The van der Waals surface area contributed by atoms with E-state index >= 15 is 0 Å². The summed E-state index contributed by atoms with van der Waals surface area (Å²) in [5.74, 6) is 1.21. The van der Waals surface area contributed by atoms with E-state index in [1.54, 1.807) is 0 Å². The summed E-state index contributed by atoms with van der Waals surface area (Å²) in [6.07, 6.45) is 0.926. The van der Waals surface area contributed by atoms with Crippen molar-refractivity contribution in [3.05, 3.63) is 35.7 Å². The highest BCUT2D eigenvalue weighted by molar-refractivity contribution is 9.09. The highest BCUT2D eigenvalue weighted by Crippen LogP contribution is 2.27. The van der Waals surface area contributed by atoms with Crippen LogP contribution in [0.25, 0.3) is 11.5 Å². The molecule has 0 aliphatic heterocycles. The number of aryl methyl sites for hydroxylation is 1. The van der Waals surface area contributed by atoms with Crippen LogP contribution in [0.2, 0.25) is 0 Å². The first-order valence-corrected chi connectivity index (χ1v) is 6.16. The van der Waals surface area contributed by atoms with Crippen molar-refractivity contribution in [1.29, 1.82) is 0 Å². The molecule has 0 amide bonds. The van der Waals surface area contributed by atoms with E-state index in [2.05, 4.69) is 40.0 Å². The lowest BCUT2D eigenvalue weighted by Crippen LogP contribution is -1.86. The first kappa shape index (κ1) is 11.3. The zero-order valence-electron chi connectivity index (χ0n) is 9.27. The van der Waals surface area contributed by atoms with Crippen LogP contribution in [0.3, 0.4) is 0 Å². The Kier molecular flexibility index (Phi) is 3.39. The molecule has 3 nitrogen and oxygen atoms in total. The normalized spacial score (nSPS) is 12.7. The molecule has 16 heavy (non-hydrogen) atoms. The largest absolute Gasteiger partial charge is 0.419 e. The number of halogens is 1. The van der Waals surface area contributed by atoms with Crippen LogP contribution in [0, 0.1) is 6.92 Å². The topological polar surface area (TPSA) is 38.9 Å². The average Bonchev–Trinajstić information content (AvgIpc) is 2.78. The monoisotopic (exact) mass is 280 g/mol. The summed E-state index contributed by atoms with van der Waals surface area (Å²) in [4.78, 5) is 0.138. The molecule has 84 valence electrons. The minimum Gasteiger partial charge on any atom is -0.419 e. The molecule has 0 N–H and O–H groups in total. The molecule has 1 unspecified atom stereocenters. The fourth-order valence-electron chi connectivity index (χ4n) is 1.35. The Balaban J connectivity index is 2.28. The molecule has 1 aromatic heterocycles. The van der Waals surface area contributed by atoms with Gasteiger partial charge in [-0.3, -0.25) is 0 Å². The van der Waals surface area contributed by atoms with Crippen molar-refractivity contribution < 1.29 is 4.42 Å². The number of alkyl halides is 1. The van der Waals surface area contributed by atoms with Crippen LogP contribution in [0.15, 0.2) is 28.7 Å². The van der Waals surface area contributed by atoms with Gasteiger partial charge in [0.05, 0.1) is 4.83 Å². The van der Waals surface area contributed by atoms with Gasteiger partial charge >= 0.3 is 0 Å². The SMILES string of the molecule is CCC(Br)c1nnc(-c2ccc(C)cc2)o1. The van der Waals surface area contributed by atoms with E-state index < -0.39 is 0 Å². The highest BCUT2D eigenvalue weighted by Gasteiger charge is 2.14. The van der Waals surface area contributed by atoms with Gasteiger partial charge in [0.1, 0.15) is 0 Å². The van der Waals surface area contributed by atoms with Crippen molar-refractivity contribution in [3.63, 3.8) is 0 Å². The fourth-order valence-corrected chi connectivity index (χ4v) is 1.53. The summed E-state index contributed by atoms with van der Waals surface area (Å²) < 4.78 is 5.59. The van der Waals surface area contributed by atoms with E-state index in [1.165, 1.54) is 5.56 Å². The maximum absolute atomic E-state index is 5.59. The summed E-state index contributed by atoms with van der Waals surface area (Å²) in [5.41, 5.74) is 2.18. The number of hydrogen-bond donors (Lipinski definition) is 0. The predicted octanol–water partition coefficient (Wildman–Crippen LogP) is 3.89. The maximum Gasteiger partial charge on any atom is 0.247 e. The van der Waals surface area contributed by atoms with Crippen LogP contribution >= 0.6 is 15.9 Å². The molecule has 1 heterocycles. The van der Waals surface area contributed by atoms with Crippen molar-refractivity contribution in [1.82, 2.24) is 10.2 Å². The summed E-state index contributed by atoms with van der Waals surface area (Å²) in [6, 6.07) is 8.04. The second-order valence-electron chi connectivity index (χ2n) is 3.69. The summed E-state index contributed by atoms with van der Waals surface area (Å²) in [6.45, 7) is 4.11. The summed E-state index contributed by atoms with van der Waals surface area (Å²) >= 11 is 3.49. The van der Waals surface area contributed by atoms with Gasteiger partial charge in [-0.1, -0.05) is 40.5 Å². The fraction of sp³-hybridized carbons (Fsp3) is 0.333. The van der Waals surface area contributed by atoms with Gasteiger partial charge in [-0.05, 0) is 25.5 Å². The average molecular weight is 281 g/mol. The molecule has 0 spiro atoms. The highest BCUT2D eigenvalue weighted by atomic mass is 79.9. The Hall–Kier alpha value is -1.16. The minimum atomic E-state index is 0.138. The Labute approximate surface area is 103 Å². The van der Waals surface area contributed by atoms with E-state index in [4.69, 9.17) is 4.42 Å². The van der Waals surface area contributed by atoms with Gasteiger partial charge in [0.15, 0.2) is 0 Å². The first-order valence-electron chi connectivity index (χ1n) is 5.25. The quantitative estimate of drug-likeness (QED) is 0.801. The summed E-state index contributed by atoms with van der Waals surface area (Å²) in [7, 11) is 0. The second kappa shape index (κ2) is 4.78. The summed E-state index contributed by atoms with van der Waals surface area (Å²) in [5, 5.41) is 8.06. The zero-order valence-corrected chi connectivity index (χ0v) is 10.9. The molecule has 0 saturated heterocycles. The van der Waals surface area contributed by atoms with Gasteiger partial charge in [-0.25, -0.2) is 0 Å². The molecule has 2 aromatic rings. The Morgan fingerprint density at radius 1 is 1.25 bits per heavy atom. The number of aromatic nitrogens is 2. The molecule has 2 rings (SSSR count). The van der Waals surface area contributed by atoms with Gasteiger partial charge in [0.25, 0.3) is 0 Å². The van der Waals surface area contributed by atoms with Gasteiger partial charge in [-0.15, -0.1) is 10.2 Å². The van der Waals surface area contributed by atoms with Crippen LogP contribution in [-0.2, 0) is 0 Å². The molecule has 0 radical (unpaired) electrons. The Morgan fingerprint density at radius 2 is 1.94 bits per heavy atom. The van der Waals surface area contributed by atoms with Crippen molar-refractivity contribution in [2.45, 2.75) is 25.1 Å². The third kappa shape index (κ3) is 2.32. The molecule has 1 aromatic carbocycles. The van der Waals surface area contributed by atoms with Gasteiger partial charge in [-0.2, -0.15) is 0 Å². The van der Waals surface area contributed by atoms with E-state index in [0.717, 1.165) is 12.0 Å². The molecule has 0 fully saturated rings. The van der Waals surface area contributed by atoms with Crippen molar-refractivity contribution in [2.75, 3.05) is 0 Å². The molecular weight excluding hydrogens is 268 g/mol. The smallest absolute Gasteiger partial charge is 0.247 e. The van der Waals surface area contributed by atoms with Crippen LogP contribution in [0.1, 0.15) is 29.6 Å². The molecule has 0 aliphatic rings. The van der Waals surface area contributed by atoms with Gasteiger partial charge in [0.2, 0.25) is 11.8 Å². The van der Waals surface area contributed by atoms with Gasteiger partial charge < -0.3 is 4.42 Å². The van der Waals surface area contributed by atoms with E-state index in [9.17, 15) is 0 Å².